The number of carbonyl (C=O) groups excluding carboxylic acids is 3. The van der Waals surface area contributed by atoms with E-state index in [1.165, 1.54) is 24.3 Å². The lowest BCUT2D eigenvalue weighted by atomic mass is 9.88. The van der Waals surface area contributed by atoms with Gasteiger partial charge in [0.05, 0.1) is 12.1 Å². The maximum absolute atomic E-state index is 13.2. The first-order chi connectivity index (χ1) is 13.2. The Hall–Kier alpha value is -2.24. The van der Waals surface area contributed by atoms with E-state index in [1.54, 1.807) is 4.90 Å². The third kappa shape index (κ3) is 4.42. The van der Waals surface area contributed by atoms with E-state index in [9.17, 15) is 18.8 Å². The van der Waals surface area contributed by atoms with E-state index in [1.807, 2.05) is 20.8 Å². The predicted octanol–water partition coefficient (Wildman–Crippen LogP) is 4.06. The lowest BCUT2D eigenvalue weighted by molar-refractivity contribution is -0.143. The van der Waals surface area contributed by atoms with Crippen molar-refractivity contribution < 1.29 is 18.8 Å². The van der Waals surface area contributed by atoms with Crippen LogP contribution in [0, 0.1) is 11.2 Å². The monoisotopic (exact) mass is 388 g/mol. The number of amides is 3. The number of halogens is 1. The van der Waals surface area contributed by atoms with Gasteiger partial charge >= 0.3 is 0 Å². The minimum absolute atomic E-state index is 0.00137. The van der Waals surface area contributed by atoms with Gasteiger partial charge in [-0.15, -0.1) is 0 Å². The van der Waals surface area contributed by atoms with Crippen molar-refractivity contribution in [3.8, 4) is 0 Å². The molecule has 152 valence electrons. The molecule has 1 atom stereocenters. The van der Waals surface area contributed by atoms with Crippen molar-refractivity contribution in [1.82, 2.24) is 4.90 Å². The fraction of sp³-hybridized carbons (Fsp3) is 0.591. The first-order valence-electron chi connectivity index (χ1n) is 10.1. The van der Waals surface area contributed by atoms with E-state index in [4.69, 9.17) is 0 Å². The average molecular weight is 388 g/mol. The van der Waals surface area contributed by atoms with Gasteiger partial charge in [0, 0.05) is 12.5 Å². The fourth-order valence-electron chi connectivity index (χ4n) is 4.23. The van der Waals surface area contributed by atoms with Crippen molar-refractivity contribution in [2.75, 3.05) is 4.90 Å². The molecule has 1 unspecified atom stereocenters. The van der Waals surface area contributed by atoms with Gasteiger partial charge < -0.3 is 4.90 Å². The van der Waals surface area contributed by atoms with Gasteiger partial charge in [0.15, 0.2) is 0 Å². The van der Waals surface area contributed by atoms with E-state index in [0.717, 1.165) is 37.0 Å². The quantitative estimate of drug-likeness (QED) is 0.731. The van der Waals surface area contributed by atoms with E-state index in [2.05, 4.69) is 0 Å². The van der Waals surface area contributed by atoms with Crippen molar-refractivity contribution >= 4 is 23.4 Å². The van der Waals surface area contributed by atoms with Crippen molar-refractivity contribution in [2.24, 2.45) is 5.41 Å². The topological polar surface area (TPSA) is 57.7 Å². The summed E-state index contributed by atoms with van der Waals surface area (Å²) >= 11 is 0. The van der Waals surface area contributed by atoms with Crippen LogP contribution in [-0.2, 0) is 14.4 Å². The molecule has 2 aliphatic rings. The molecule has 1 saturated carbocycles. The molecule has 28 heavy (non-hydrogen) atoms. The number of hydrogen-bond acceptors (Lipinski definition) is 3. The highest BCUT2D eigenvalue weighted by atomic mass is 19.1. The van der Waals surface area contributed by atoms with Gasteiger partial charge in [-0.1, -0.05) is 40.0 Å². The molecule has 6 heteroatoms. The summed E-state index contributed by atoms with van der Waals surface area (Å²) in [7, 11) is 0. The highest BCUT2D eigenvalue weighted by Gasteiger charge is 2.46. The molecule has 0 radical (unpaired) electrons. The molecule has 0 N–H and O–H groups in total. The zero-order valence-corrected chi connectivity index (χ0v) is 16.9. The number of rotatable bonds is 4. The third-order valence-corrected chi connectivity index (χ3v) is 5.48. The average Bonchev–Trinajstić information content (AvgIpc) is 2.90. The van der Waals surface area contributed by atoms with Crippen LogP contribution in [-0.4, -0.2) is 34.7 Å². The smallest absolute Gasteiger partial charge is 0.257 e. The highest BCUT2D eigenvalue weighted by molar-refractivity contribution is 6.23. The Bertz CT molecular complexity index is 748. The van der Waals surface area contributed by atoms with E-state index < -0.39 is 11.9 Å². The molecule has 1 heterocycles. The number of carbonyl (C=O) groups is 3. The molecule has 1 aliphatic heterocycles. The number of hydrogen-bond donors (Lipinski definition) is 0. The van der Waals surface area contributed by atoms with Gasteiger partial charge in [-0.2, -0.15) is 0 Å². The molecule has 1 aromatic rings. The first-order valence-corrected chi connectivity index (χ1v) is 10.1. The molecule has 1 aliphatic carbocycles. The number of anilines is 1. The van der Waals surface area contributed by atoms with Crippen molar-refractivity contribution in [3.63, 3.8) is 0 Å². The molecular weight excluding hydrogens is 359 g/mol. The summed E-state index contributed by atoms with van der Waals surface area (Å²) in [6.07, 6.45) is 5.24. The molecule has 0 aromatic heterocycles. The maximum atomic E-state index is 13.2. The Labute approximate surface area is 165 Å². The van der Waals surface area contributed by atoms with Crippen LogP contribution in [0.25, 0.3) is 0 Å². The van der Waals surface area contributed by atoms with E-state index in [0.29, 0.717) is 12.1 Å². The lowest BCUT2D eigenvalue weighted by Crippen LogP contribution is -2.52. The molecule has 3 rings (SSSR count). The molecular formula is C22H29FN2O3. The minimum atomic E-state index is -0.768. The summed E-state index contributed by atoms with van der Waals surface area (Å²) in [6, 6.07) is 4.54. The van der Waals surface area contributed by atoms with Crippen molar-refractivity contribution in [1.29, 1.82) is 0 Å². The van der Waals surface area contributed by atoms with Crippen LogP contribution in [0.4, 0.5) is 10.1 Å². The first kappa shape index (κ1) is 20.5. The summed E-state index contributed by atoms with van der Waals surface area (Å²) in [5, 5.41) is 0. The second-order valence-electron chi connectivity index (χ2n) is 9.09. The second-order valence-corrected chi connectivity index (χ2v) is 9.09. The Morgan fingerprint density at radius 3 is 2.29 bits per heavy atom. The second kappa shape index (κ2) is 8.02. The highest BCUT2D eigenvalue weighted by Crippen LogP contribution is 2.33. The minimum Gasteiger partial charge on any atom is -0.327 e. The SMILES string of the molecule is CC(C)(C)CC(=O)N(C1CCCCC1)C1CC(=O)N(c2ccc(F)cc2)C1=O. The summed E-state index contributed by atoms with van der Waals surface area (Å²) in [5.74, 6) is -1.22. The maximum Gasteiger partial charge on any atom is 0.257 e. The molecule has 2 fully saturated rings. The van der Waals surface area contributed by atoms with Crippen LogP contribution in [0.1, 0.15) is 65.7 Å². The van der Waals surface area contributed by atoms with Crippen molar-refractivity contribution in [3.05, 3.63) is 30.1 Å². The van der Waals surface area contributed by atoms with E-state index >= 15 is 0 Å². The molecule has 0 bridgehead atoms. The molecule has 3 amide bonds. The van der Waals surface area contributed by atoms with Gasteiger partial charge in [-0.05, 0) is 42.5 Å². The van der Waals surface area contributed by atoms with Gasteiger partial charge in [-0.3, -0.25) is 14.4 Å². The Morgan fingerprint density at radius 2 is 1.71 bits per heavy atom. The van der Waals surface area contributed by atoms with Crippen LogP contribution < -0.4 is 4.90 Å². The van der Waals surface area contributed by atoms with Gasteiger partial charge in [0.2, 0.25) is 11.8 Å². The van der Waals surface area contributed by atoms with E-state index in [-0.39, 0.29) is 35.6 Å². The zero-order valence-electron chi connectivity index (χ0n) is 16.9. The number of imide groups is 1. The Morgan fingerprint density at radius 1 is 1.11 bits per heavy atom. The predicted molar refractivity (Wildman–Crippen MR) is 105 cm³/mol. The zero-order chi connectivity index (χ0) is 20.5. The Balaban J connectivity index is 1.89. The van der Waals surface area contributed by atoms with Crippen LogP contribution in [0.3, 0.4) is 0 Å². The van der Waals surface area contributed by atoms with Crippen LogP contribution in [0.15, 0.2) is 24.3 Å². The van der Waals surface area contributed by atoms with Crippen LogP contribution in [0.2, 0.25) is 0 Å². The molecule has 0 spiro atoms. The fourth-order valence-corrected chi connectivity index (χ4v) is 4.23. The molecule has 1 aromatic carbocycles. The summed E-state index contributed by atoms with van der Waals surface area (Å²) in [5.41, 5.74) is 0.150. The van der Waals surface area contributed by atoms with Gasteiger partial charge in [-0.25, -0.2) is 9.29 Å². The lowest BCUT2D eigenvalue weighted by Gasteiger charge is -2.38. The summed E-state index contributed by atoms with van der Waals surface area (Å²) < 4.78 is 13.2. The van der Waals surface area contributed by atoms with Gasteiger partial charge in [0.1, 0.15) is 11.9 Å². The van der Waals surface area contributed by atoms with Crippen LogP contribution >= 0.6 is 0 Å². The molecule has 5 nitrogen and oxygen atoms in total. The largest absolute Gasteiger partial charge is 0.327 e. The van der Waals surface area contributed by atoms with Gasteiger partial charge in [0.25, 0.3) is 5.91 Å². The Kier molecular flexibility index (Phi) is 5.87. The summed E-state index contributed by atoms with van der Waals surface area (Å²) in [4.78, 5) is 41.8. The number of nitrogens with zero attached hydrogens (tertiary/aromatic N) is 2. The van der Waals surface area contributed by atoms with Crippen molar-refractivity contribution in [2.45, 2.75) is 77.8 Å². The number of benzene rings is 1. The molecule has 1 saturated heterocycles. The van der Waals surface area contributed by atoms with Crippen LogP contribution in [0.5, 0.6) is 0 Å². The standard InChI is InChI=1S/C22H29FN2O3/c1-22(2,3)14-20(27)24(16-7-5-4-6-8-16)18-13-19(26)25(21(18)28)17-11-9-15(23)10-12-17/h9-12,16,18H,4-8,13-14H2,1-3H3. The third-order valence-electron chi connectivity index (χ3n) is 5.48. The normalized spacial score (nSPS) is 21.3. The summed E-state index contributed by atoms with van der Waals surface area (Å²) in [6.45, 7) is 5.99.